The maximum atomic E-state index is 11.8. The number of carbonyl (C=O) groups is 1. The second-order valence-corrected chi connectivity index (χ2v) is 4.91. The summed E-state index contributed by atoms with van der Waals surface area (Å²) >= 11 is 0. The first-order valence-electron chi connectivity index (χ1n) is 6.22. The van der Waals surface area contributed by atoms with Crippen LogP contribution in [0.1, 0.15) is 34.1 Å². The maximum absolute atomic E-state index is 11.8. The highest BCUT2D eigenvalue weighted by molar-refractivity contribution is 5.93. The summed E-state index contributed by atoms with van der Waals surface area (Å²) in [6.07, 6.45) is 1.64. The van der Waals surface area contributed by atoms with E-state index in [9.17, 15) is 9.59 Å². The molecule has 1 heterocycles. The number of carbonyl (C=O) groups excluding carboxylic acids is 1. The lowest BCUT2D eigenvalue weighted by molar-refractivity contribution is 0.101. The van der Waals surface area contributed by atoms with Gasteiger partial charge in [0, 0.05) is 23.6 Å². The van der Waals surface area contributed by atoms with Crippen LogP contribution < -0.4 is 5.43 Å². The molecule has 0 bridgehead atoms. The number of ketones is 1. The first kappa shape index (κ1) is 13.3. The Balaban J connectivity index is 2.71. The van der Waals surface area contributed by atoms with Crippen molar-refractivity contribution in [2.24, 2.45) is 0 Å². The third kappa shape index (κ3) is 2.50. The molecule has 0 aliphatic heterocycles. The van der Waals surface area contributed by atoms with Crippen molar-refractivity contribution in [2.45, 2.75) is 27.7 Å². The smallest absolute Gasteiger partial charge is 0.192 e. The van der Waals surface area contributed by atoms with Crippen LogP contribution in [0.5, 0.6) is 0 Å². The van der Waals surface area contributed by atoms with Gasteiger partial charge in [-0.25, -0.2) is 0 Å². The van der Waals surface area contributed by atoms with Crippen molar-refractivity contribution in [2.75, 3.05) is 0 Å². The van der Waals surface area contributed by atoms with Crippen molar-refractivity contribution in [1.82, 2.24) is 4.57 Å². The number of aromatic nitrogens is 1. The molecule has 0 atom stereocenters. The van der Waals surface area contributed by atoms with E-state index in [0.29, 0.717) is 0 Å². The van der Waals surface area contributed by atoms with E-state index in [2.05, 4.69) is 6.07 Å². The summed E-state index contributed by atoms with van der Waals surface area (Å²) in [6, 6.07) is 7.62. The molecule has 0 unspecified atom stereocenters. The molecule has 1 aromatic carbocycles. The van der Waals surface area contributed by atoms with Gasteiger partial charge in [0.25, 0.3) is 0 Å². The molecule has 2 aromatic rings. The van der Waals surface area contributed by atoms with Crippen LogP contribution in [0.2, 0.25) is 0 Å². The predicted octanol–water partition coefficient (Wildman–Crippen LogP) is 2.97. The molecule has 19 heavy (non-hydrogen) atoms. The van der Waals surface area contributed by atoms with Crippen LogP contribution in [0.4, 0.5) is 0 Å². The van der Waals surface area contributed by atoms with E-state index in [1.54, 1.807) is 6.20 Å². The minimum absolute atomic E-state index is 0.205. The standard InChI is InChI=1S/C16H17NO2/c1-10-5-6-15(11(2)7-10)17-9-14(13(4)18)16(19)8-12(17)3/h5-9H,1-4H3. The van der Waals surface area contributed by atoms with E-state index in [4.69, 9.17) is 0 Å². The van der Waals surface area contributed by atoms with Gasteiger partial charge in [0.05, 0.1) is 5.56 Å². The van der Waals surface area contributed by atoms with Gasteiger partial charge in [-0.1, -0.05) is 17.7 Å². The van der Waals surface area contributed by atoms with Crippen LogP contribution in [0.15, 0.2) is 35.3 Å². The summed E-state index contributed by atoms with van der Waals surface area (Å²) in [5.74, 6) is -0.205. The van der Waals surface area contributed by atoms with E-state index in [1.807, 2.05) is 37.5 Å². The molecule has 98 valence electrons. The SMILES string of the molecule is CC(=O)c1cn(-c2ccc(C)cc2C)c(C)cc1=O. The molecule has 0 amide bonds. The Morgan fingerprint density at radius 2 is 1.79 bits per heavy atom. The lowest BCUT2D eigenvalue weighted by atomic mass is 10.1. The zero-order valence-electron chi connectivity index (χ0n) is 11.7. The molecule has 0 aliphatic rings. The average Bonchev–Trinajstić information content (AvgIpc) is 2.30. The third-order valence-electron chi connectivity index (χ3n) is 3.23. The lowest BCUT2D eigenvalue weighted by Gasteiger charge is -2.15. The van der Waals surface area contributed by atoms with Gasteiger partial charge < -0.3 is 4.57 Å². The molecule has 0 spiro atoms. The maximum Gasteiger partial charge on any atom is 0.192 e. The zero-order valence-corrected chi connectivity index (χ0v) is 11.7. The van der Waals surface area contributed by atoms with Crippen LogP contribution in [0.25, 0.3) is 5.69 Å². The Kier molecular flexibility index (Phi) is 3.38. The highest BCUT2D eigenvalue weighted by Crippen LogP contribution is 2.17. The number of pyridine rings is 1. The second kappa shape index (κ2) is 4.84. The quantitative estimate of drug-likeness (QED) is 0.774. The van der Waals surface area contributed by atoms with Gasteiger partial charge in [0.1, 0.15) is 0 Å². The Hall–Kier alpha value is -2.16. The number of benzene rings is 1. The summed E-state index contributed by atoms with van der Waals surface area (Å²) in [5, 5.41) is 0. The van der Waals surface area contributed by atoms with Gasteiger partial charge in [-0.3, -0.25) is 9.59 Å². The van der Waals surface area contributed by atoms with Crippen LogP contribution in [0.3, 0.4) is 0 Å². The molecule has 0 radical (unpaired) electrons. The number of hydrogen-bond donors (Lipinski definition) is 0. The van der Waals surface area contributed by atoms with E-state index >= 15 is 0 Å². The summed E-state index contributed by atoms with van der Waals surface area (Å²) in [7, 11) is 0. The monoisotopic (exact) mass is 255 g/mol. The molecule has 3 heteroatoms. The molecule has 0 fully saturated rings. The van der Waals surface area contributed by atoms with Crippen LogP contribution >= 0.6 is 0 Å². The largest absolute Gasteiger partial charge is 0.320 e. The average molecular weight is 255 g/mol. The zero-order chi connectivity index (χ0) is 14.2. The highest BCUT2D eigenvalue weighted by atomic mass is 16.1. The molecular formula is C16H17NO2. The first-order chi connectivity index (χ1) is 8.90. The van der Waals surface area contributed by atoms with Crippen LogP contribution in [-0.2, 0) is 0 Å². The molecule has 1 aromatic heterocycles. The highest BCUT2D eigenvalue weighted by Gasteiger charge is 2.10. The van der Waals surface area contributed by atoms with Crippen molar-refractivity contribution in [1.29, 1.82) is 0 Å². The first-order valence-corrected chi connectivity index (χ1v) is 6.22. The Bertz CT molecular complexity index is 711. The molecule has 0 N–H and O–H groups in total. The summed E-state index contributed by atoms with van der Waals surface area (Å²) < 4.78 is 1.90. The lowest BCUT2D eigenvalue weighted by Crippen LogP contribution is -2.17. The van der Waals surface area contributed by atoms with Crippen LogP contribution in [0, 0.1) is 20.8 Å². The number of aryl methyl sites for hydroxylation is 3. The normalized spacial score (nSPS) is 10.5. The van der Waals surface area contributed by atoms with Crippen molar-refractivity contribution in [3.8, 4) is 5.69 Å². The number of rotatable bonds is 2. The Labute approximate surface area is 112 Å². The van der Waals surface area contributed by atoms with Crippen molar-refractivity contribution < 1.29 is 4.79 Å². The van der Waals surface area contributed by atoms with Crippen molar-refractivity contribution in [3.05, 3.63) is 63.1 Å². The summed E-state index contributed by atoms with van der Waals surface area (Å²) in [6.45, 7) is 7.34. The second-order valence-electron chi connectivity index (χ2n) is 4.91. The molecule has 0 saturated heterocycles. The van der Waals surface area contributed by atoms with Gasteiger partial charge in [-0.2, -0.15) is 0 Å². The van der Waals surface area contributed by atoms with Crippen molar-refractivity contribution in [3.63, 3.8) is 0 Å². The van der Waals surface area contributed by atoms with Gasteiger partial charge in [0.15, 0.2) is 11.2 Å². The van der Waals surface area contributed by atoms with E-state index < -0.39 is 0 Å². The van der Waals surface area contributed by atoms with Gasteiger partial charge in [-0.15, -0.1) is 0 Å². The fourth-order valence-corrected chi connectivity index (χ4v) is 2.23. The Morgan fingerprint density at radius 1 is 1.11 bits per heavy atom. The molecule has 2 rings (SSSR count). The minimum atomic E-state index is -0.217. The van der Waals surface area contributed by atoms with Gasteiger partial charge in [0.2, 0.25) is 0 Å². The number of Topliss-reactive ketones (excluding diaryl/α,β-unsaturated/α-hetero) is 1. The number of hydrogen-bond acceptors (Lipinski definition) is 2. The van der Waals surface area contributed by atoms with Crippen molar-refractivity contribution >= 4 is 5.78 Å². The molecule has 0 saturated carbocycles. The Morgan fingerprint density at radius 3 is 2.37 bits per heavy atom. The topological polar surface area (TPSA) is 39.1 Å². The molecule has 0 aliphatic carbocycles. The minimum Gasteiger partial charge on any atom is -0.320 e. The third-order valence-corrected chi connectivity index (χ3v) is 3.23. The van der Waals surface area contributed by atoms with Gasteiger partial charge >= 0.3 is 0 Å². The van der Waals surface area contributed by atoms with E-state index in [-0.39, 0.29) is 16.8 Å². The fraction of sp³-hybridized carbons (Fsp3) is 0.250. The van der Waals surface area contributed by atoms with E-state index in [1.165, 1.54) is 18.6 Å². The summed E-state index contributed by atoms with van der Waals surface area (Å²) in [4.78, 5) is 23.3. The van der Waals surface area contributed by atoms with E-state index in [0.717, 1.165) is 16.9 Å². The van der Waals surface area contributed by atoms with Crippen LogP contribution in [-0.4, -0.2) is 10.4 Å². The molecular weight excluding hydrogens is 238 g/mol. The number of nitrogens with zero attached hydrogens (tertiary/aromatic N) is 1. The molecule has 3 nitrogen and oxygen atoms in total. The fourth-order valence-electron chi connectivity index (χ4n) is 2.23. The predicted molar refractivity (Wildman–Crippen MR) is 76.3 cm³/mol. The summed E-state index contributed by atoms with van der Waals surface area (Å²) in [5.41, 5.74) is 4.12. The van der Waals surface area contributed by atoms with Gasteiger partial charge in [-0.05, 0) is 39.3 Å².